The molecule has 3 heterocycles. The van der Waals surface area contributed by atoms with Crippen LogP contribution in [0.3, 0.4) is 0 Å². The Hall–Kier alpha value is -1.11. The van der Waals surface area contributed by atoms with Gasteiger partial charge in [-0.3, -0.25) is 0 Å². The van der Waals surface area contributed by atoms with Crippen molar-refractivity contribution in [2.75, 3.05) is 0 Å². The molecule has 0 unspecified atom stereocenters. The molecule has 3 nitrogen and oxygen atoms in total. The molecule has 0 N–H and O–H groups in total. The number of rotatable bonds is 0. The topological polar surface area (TPSA) is 38.7 Å². The molecule has 3 rings (SSSR count). The highest BCUT2D eigenvalue weighted by Crippen LogP contribution is 2.08. The van der Waals surface area contributed by atoms with Crippen LogP contribution in [-0.2, 0) is 0 Å². The van der Waals surface area contributed by atoms with Gasteiger partial charge in [-0.05, 0) is 41.5 Å². The van der Waals surface area contributed by atoms with Crippen LogP contribution in [0, 0.1) is 41.5 Å². The van der Waals surface area contributed by atoms with Crippen molar-refractivity contribution in [3.63, 3.8) is 0 Å². The Labute approximate surface area is 175 Å². The summed E-state index contributed by atoms with van der Waals surface area (Å²) < 4.78 is 0. The molecule has 0 aliphatic carbocycles. The molecule has 0 bridgehead atoms. The van der Waals surface area contributed by atoms with E-state index in [4.69, 9.17) is 0 Å². The second-order valence-electron chi connectivity index (χ2n) is 4.51. The molecule has 0 saturated carbocycles. The van der Waals surface area contributed by atoms with Crippen LogP contribution in [0.2, 0.25) is 0 Å². The molecular weight excluding hydrogens is 378 g/mol. The number of thiazole rings is 3. The lowest BCUT2D eigenvalue weighted by Crippen LogP contribution is -1.67. The van der Waals surface area contributed by atoms with E-state index in [1.54, 1.807) is 34.0 Å². The van der Waals surface area contributed by atoms with Crippen molar-refractivity contribution in [1.29, 1.82) is 0 Å². The lowest BCUT2D eigenvalue weighted by Gasteiger charge is -1.71. The van der Waals surface area contributed by atoms with Crippen LogP contribution in [0.5, 0.6) is 0 Å². The molecule has 0 atom stereocenters. The monoisotopic (exact) mass is 419 g/mol. The zero-order chi connectivity index (χ0) is 15.8. The van der Waals surface area contributed by atoms with Crippen LogP contribution in [0.4, 0.5) is 0 Å². The van der Waals surface area contributed by atoms with E-state index < -0.39 is 0 Å². The number of hydrogen-bond donors (Lipinski definition) is 0. The summed E-state index contributed by atoms with van der Waals surface area (Å²) in [7, 11) is 0. The molecule has 6 heteroatoms. The summed E-state index contributed by atoms with van der Waals surface area (Å²) in [4.78, 5) is 13.6. The Morgan fingerprint density at radius 1 is 0.615 bits per heavy atom. The molecule has 154 valence electrons. The maximum absolute atomic E-state index is 4.13. The first kappa shape index (κ1) is 35.9. The minimum absolute atomic E-state index is 0. The molecular formula is C20H41N3S3. The minimum Gasteiger partial charge on any atom is -0.250 e. The van der Waals surface area contributed by atoms with Crippen LogP contribution in [0.25, 0.3) is 0 Å². The number of aryl methyl sites for hydroxylation is 6. The molecule has 3 aromatic heterocycles. The molecule has 0 aromatic carbocycles. The lowest BCUT2D eigenvalue weighted by molar-refractivity contribution is 1.20. The van der Waals surface area contributed by atoms with Crippen LogP contribution < -0.4 is 0 Å². The summed E-state index contributed by atoms with van der Waals surface area (Å²) >= 11 is 5.12. The van der Waals surface area contributed by atoms with Gasteiger partial charge in [0.25, 0.3) is 0 Å². The van der Waals surface area contributed by atoms with E-state index in [-0.39, 0.29) is 37.1 Å². The van der Waals surface area contributed by atoms with Gasteiger partial charge >= 0.3 is 0 Å². The second-order valence-corrected chi connectivity index (χ2v) is 8.07. The highest BCUT2D eigenvalue weighted by atomic mass is 32.1. The van der Waals surface area contributed by atoms with E-state index in [1.807, 2.05) is 40.8 Å². The Bertz CT molecular complexity index is 514. The standard InChI is InChI=1S/3C5H7NS.5CH4/c2*1-4-3-7-5(2)6-4;1-4-3-6-5(2)7-4;;;;;/h3*3H,1-2H3;5*1H4. The first-order chi connectivity index (χ1) is 9.86. The van der Waals surface area contributed by atoms with E-state index in [1.165, 1.54) is 4.88 Å². The molecule has 0 amide bonds. The van der Waals surface area contributed by atoms with Gasteiger partial charge in [0.2, 0.25) is 0 Å². The summed E-state index contributed by atoms with van der Waals surface area (Å²) in [5.41, 5.74) is 2.25. The van der Waals surface area contributed by atoms with E-state index in [0.717, 1.165) is 26.4 Å². The molecule has 0 saturated heterocycles. The third-order valence-corrected chi connectivity index (χ3v) is 4.82. The molecule has 3 aromatic rings. The number of hydrogen-bond acceptors (Lipinski definition) is 6. The largest absolute Gasteiger partial charge is 0.250 e. The van der Waals surface area contributed by atoms with E-state index >= 15 is 0 Å². The van der Waals surface area contributed by atoms with Crippen LogP contribution in [0.1, 0.15) is 68.4 Å². The molecule has 0 spiro atoms. The molecule has 0 aliphatic rings. The average Bonchev–Trinajstić information content (AvgIpc) is 3.06. The first-order valence-corrected chi connectivity index (χ1v) is 9.11. The Morgan fingerprint density at radius 3 is 1.08 bits per heavy atom. The van der Waals surface area contributed by atoms with Crippen molar-refractivity contribution < 1.29 is 0 Å². The Balaban J connectivity index is -0.0000000774. The highest BCUT2D eigenvalue weighted by molar-refractivity contribution is 7.11. The Morgan fingerprint density at radius 2 is 1.00 bits per heavy atom. The SMILES string of the molecule is C.C.C.C.C.Cc1cnc(C)s1.Cc1csc(C)n1.Cc1csc(C)n1. The fraction of sp³-hybridized carbons (Fsp3) is 0.550. The van der Waals surface area contributed by atoms with Crippen molar-refractivity contribution in [1.82, 2.24) is 15.0 Å². The van der Waals surface area contributed by atoms with E-state index in [9.17, 15) is 0 Å². The van der Waals surface area contributed by atoms with Crippen LogP contribution in [0.15, 0.2) is 17.0 Å². The van der Waals surface area contributed by atoms with Crippen molar-refractivity contribution in [2.45, 2.75) is 78.7 Å². The van der Waals surface area contributed by atoms with Crippen molar-refractivity contribution >= 4 is 34.0 Å². The number of nitrogens with zero attached hydrogens (tertiary/aromatic N) is 3. The predicted molar refractivity (Wildman–Crippen MR) is 128 cm³/mol. The van der Waals surface area contributed by atoms with Gasteiger partial charge in [-0.1, -0.05) is 37.1 Å². The van der Waals surface area contributed by atoms with Crippen molar-refractivity contribution in [3.05, 3.63) is 48.2 Å². The average molecular weight is 420 g/mol. The smallest absolute Gasteiger partial charge is 0.0897 e. The van der Waals surface area contributed by atoms with Gasteiger partial charge in [-0.15, -0.1) is 34.0 Å². The van der Waals surface area contributed by atoms with E-state index in [0.29, 0.717) is 0 Å². The summed E-state index contributed by atoms with van der Waals surface area (Å²) in [6, 6.07) is 0. The molecule has 0 radical (unpaired) electrons. The maximum atomic E-state index is 4.13. The van der Waals surface area contributed by atoms with Crippen LogP contribution >= 0.6 is 34.0 Å². The van der Waals surface area contributed by atoms with Crippen molar-refractivity contribution in [3.8, 4) is 0 Å². The summed E-state index contributed by atoms with van der Waals surface area (Å²) in [5, 5.41) is 7.55. The summed E-state index contributed by atoms with van der Waals surface area (Å²) in [6.07, 6.45) is 1.89. The van der Waals surface area contributed by atoms with Crippen molar-refractivity contribution in [2.24, 2.45) is 0 Å². The van der Waals surface area contributed by atoms with E-state index in [2.05, 4.69) is 32.6 Å². The minimum atomic E-state index is 0. The normalized spacial score (nSPS) is 7.62. The molecule has 0 aliphatic heterocycles. The van der Waals surface area contributed by atoms with Gasteiger partial charge in [0.05, 0.1) is 15.0 Å². The second kappa shape index (κ2) is 18.7. The van der Waals surface area contributed by atoms with Crippen LogP contribution in [-0.4, -0.2) is 15.0 Å². The molecule has 0 fully saturated rings. The Kier molecular flexibility index (Phi) is 25.8. The third-order valence-electron chi connectivity index (χ3n) is 2.20. The maximum Gasteiger partial charge on any atom is 0.0897 e. The van der Waals surface area contributed by atoms with Gasteiger partial charge in [0.15, 0.2) is 0 Å². The lowest BCUT2D eigenvalue weighted by atomic mass is 10.6. The summed E-state index contributed by atoms with van der Waals surface area (Å²) in [6.45, 7) is 12.1. The first-order valence-electron chi connectivity index (χ1n) is 6.53. The number of aromatic nitrogens is 3. The zero-order valence-electron chi connectivity index (χ0n) is 13.3. The summed E-state index contributed by atoms with van der Waals surface area (Å²) in [5.74, 6) is 0. The quantitative estimate of drug-likeness (QED) is 0.367. The zero-order valence-corrected chi connectivity index (χ0v) is 15.7. The fourth-order valence-electron chi connectivity index (χ4n) is 1.41. The van der Waals surface area contributed by atoms with Gasteiger partial charge in [-0.2, -0.15) is 0 Å². The van der Waals surface area contributed by atoms with Gasteiger partial charge in [-0.25, -0.2) is 15.0 Å². The predicted octanol–water partition coefficient (Wildman–Crippen LogP) is 8.46. The van der Waals surface area contributed by atoms with Gasteiger partial charge in [0.1, 0.15) is 0 Å². The molecule has 26 heavy (non-hydrogen) atoms. The van der Waals surface area contributed by atoms with Gasteiger partial charge < -0.3 is 0 Å². The van der Waals surface area contributed by atoms with Gasteiger partial charge in [0, 0.05) is 33.2 Å². The highest BCUT2D eigenvalue weighted by Gasteiger charge is 1.87. The fourth-order valence-corrected chi connectivity index (χ4v) is 3.27. The third kappa shape index (κ3) is 16.4.